The lowest BCUT2D eigenvalue weighted by Gasteiger charge is -2.22. The van der Waals surface area contributed by atoms with Crippen LogP contribution in [0.3, 0.4) is 0 Å². The Kier molecular flexibility index (Phi) is 7.55. The molecule has 1 unspecified atom stereocenters. The third-order valence-electron chi connectivity index (χ3n) is 2.86. The van der Waals surface area contributed by atoms with Crippen LogP contribution in [0.2, 0.25) is 0 Å². The maximum atomic E-state index is 11.9. The lowest BCUT2D eigenvalue weighted by Crippen LogP contribution is -2.39. The molecule has 0 saturated carbocycles. The van der Waals surface area contributed by atoms with Gasteiger partial charge in [0.05, 0.1) is 7.11 Å². The maximum Gasteiger partial charge on any atom is 0.327 e. The lowest BCUT2D eigenvalue weighted by atomic mass is 10.2. The number of nitrogens with zero attached hydrogens (tertiary/aromatic N) is 2. The minimum atomic E-state index is -0.380. The van der Waals surface area contributed by atoms with Gasteiger partial charge in [-0.1, -0.05) is 0 Å². The lowest BCUT2D eigenvalue weighted by molar-refractivity contribution is -0.141. The molecule has 1 saturated heterocycles. The Bertz CT molecular complexity index is 477. The van der Waals surface area contributed by atoms with Gasteiger partial charge in [0.1, 0.15) is 6.54 Å². The molecule has 1 aromatic rings. The van der Waals surface area contributed by atoms with E-state index in [1.54, 1.807) is 12.3 Å². The van der Waals surface area contributed by atoms with Gasteiger partial charge in [0.15, 0.2) is 5.82 Å². The van der Waals surface area contributed by atoms with E-state index < -0.39 is 0 Å². The van der Waals surface area contributed by atoms with Gasteiger partial charge in [-0.05, 0) is 0 Å². The van der Waals surface area contributed by atoms with Gasteiger partial charge in [-0.15, -0.1) is 12.4 Å². The molecule has 1 aromatic heterocycles. The van der Waals surface area contributed by atoms with E-state index >= 15 is 0 Å². The number of hydrogen-bond acceptors (Lipinski definition) is 6. The first-order valence-corrected chi connectivity index (χ1v) is 7.54. The second kappa shape index (κ2) is 8.91. The number of amides is 1. The number of halogens is 1. The fraction of sp³-hybridized carbons (Fsp3) is 0.583. The Morgan fingerprint density at radius 2 is 2.43 bits per heavy atom. The van der Waals surface area contributed by atoms with E-state index in [-0.39, 0.29) is 36.9 Å². The van der Waals surface area contributed by atoms with Crippen molar-refractivity contribution in [3.05, 3.63) is 12.3 Å². The Balaban J connectivity index is 0.00000220. The fourth-order valence-electron chi connectivity index (χ4n) is 1.88. The van der Waals surface area contributed by atoms with Crippen molar-refractivity contribution in [3.8, 4) is 0 Å². The molecule has 1 fully saturated rings. The van der Waals surface area contributed by atoms with Crippen molar-refractivity contribution in [1.82, 2.24) is 15.1 Å². The molecule has 2 N–H and O–H groups in total. The molecule has 1 aliphatic rings. The van der Waals surface area contributed by atoms with E-state index in [1.165, 1.54) is 11.8 Å². The van der Waals surface area contributed by atoms with E-state index in [9.17, 15) is 9.59 Å². The number of methoxy groups -OCH3 is 1. The van der Waals surface area contributed by atoms with Crippen molar-refractivity contribution in [3.63, 3.8) is 0 Å². The predicted molar refractivity (Wildman–Crippen MR) is 83.9 cm³/mol. The number of aromatic nitrogens is 2. The van der Waals surface area contributed by atoms with Crippen molar-refractivity contribution >= 4 is 41.9 Å². The molecule has 0 spiro atoms. The Labute approximate surface area is 133 Å². The average molecular weight is 335 g/mol. The average Bonchev–Trinajstić information content (AvgIpc) is 2.86. The summed E-state index contributed by atoms with van der Waals surface area (Å²) in [6.07, 6.45) is 2.05. The van der Waals surface area contributed by atoms with Gasteiger partial charge in [0.2, 0.25) is 5.91 Å². The second-order valence-electron chi connectivity index (χ2n) is 4.45. The van der Waals surface area contributed by atoms with Gasteiger partial charge < -0.3 is 15.4 Å². The summed E-state index contributed by atoms with van der Waals surface area (Å²) in [5.74, 6) is 2.03. The summed E-state index contributed by atoms with van der Waals surface area (Å²) in [6, 6.07) is 1.87. The Morgan fingerprint density at radius 1 is 1.62 bits per heavy atom. The first kappa shape index (κ1) is 17.8. The van der Waals surface area contributed by atoms with E-state index in [0.717, 1.165) is 18.1 Å². The molecule has 2 rings (SSSR count). The molecule has 0 bridgehead atoms. The van der Waals surface area contributed by atoms with Crippen LogP contribution in [-0.4, -0.2) is 52.9 Å². The minimum absolute atomic E-state index is 0. The van der Waals surface area contributed by atoms with Crippen molar-refractivity contribution < 1.29 is 14.3 Å². The third kappa shape index (κ3) is 5.94. The number of ether oxygens (including phenoxy) is 1. The number of thioether (sulfide) groups is 1. The van der Waals surface area contributed by atoms with Gasteiger partial charge in [-0.3, -0.25) is 14.3 Å². The highest BCUT2D eigenvalue weighted by atomic mass is 35.5. The molecule has 1 amide bonds. The van der Waals surface area contributed by atoms with Crippen LogP contribution in [0, 0.1) is 0 Å². The van der Waals surface area contributed by atoms with Crippen LogP contribution in [-0.2, 0) is 20.9 Å². The van der Waals surface area contributed by atoms with Gasteiger partial charge >= 0.3 is 5.97 Å². The Morgan fingerprint density at radius 3 is 3.10 bits per heavy atom. The highest BCUT2D eigenvalue weighted by Crippen LogP contribution is 2.11. The summed E-state index contributed by atoms with van der Waals surface area (Å²) in [5.41, 5.74) is 0. The summed E-state index contributed by atoms with van der Waals surface area (Å²) in [7, 11) is 1.32. The largest absolute Gasteiger partial charge is 0.468 e. The van der Waals surface area contributed by atoms with Crippen LogP contribution >= 0.6 is 24.2 Å². The van der Waals surface area contributed by atoms with Crippen LogP contribution < -0.4 is 10.6 Å². The molecule has 1 aliphatic heterocycles. The molecule has 0 radical (unpaired) electrons. The number of esters is 1. The highest BCUT2D eigenvalue weighted by molar-refractivity contribution is 7.99. The zero-order valence-corrected chi connectivity index (χ0v) is 13.3. The number of rotatable bonds is 5. The van der Waals surface area contributed by atoms with Gasteiger partial charge in [-0.25, -0.2) is 0 Å². The molecule has 0 aromatic carbocycles. The van der Waals surface area contributed by atoms with Crippen LogP contribution in [0.1, 0.15) is 6.42 Å². The van der Waals surface area contributed by atoms with Crippen LogP contribution in [0.4, 0.5) is 5.82 Å². The summed E-state index contributed by atoms with van der Waals surface area (Å²) in [5, 5.41) is 10.1. The predicted octanol–water partition coefficient (Wildman–Crippen LogP) is 0.511. The normalized spacial score (nSPS) is 17.7. The first-order chi connectivity index (χ1) is 9.67. The smallest absolute Gasteiger partial charge is 0.327 e. The molecule has 9 heteroatoms. The van der Waals surface area contributed by atoms with Crippen molar-refractivity contribution in [2.45, 2.75) is 19.0 Å². The number of carbonyl (C=O) groups excluding carboxylic acids is 2. The first-order valence-electron chi connectivity index (χ1n) is 6.38. The third-order valence-corrected chi connectivity index (χ3v) is 3.99. The van der Waals surface area contributed by atoms with Crippen molar-refractivity contribution in [1.29, 1.82) is 0 Å². The molecular formula is C12H19ClN4O3S. The zero-order chi connectivity index (χ0) is 14.4. The summed E-state index contributed by atoms with van der Waals surface area (Å²) in [4.78, 5) is 23.0. The number of carbonyl (C=O) groups is 2. The van der Waals surface area contributed by atoms with Crippen LogP contribution in [0.5, 0.6) is 0 Å². The maximum absolute atomic E-state index is 11.9. The number of nitrogens with one attached hydrogen (secondary N) is 2. The van der Waals surface area contributed by atoms with E-state index in [1.807, 2.05) is 11.8 Å². The summed E-state index contributed by atoms with van der Waals surface area (Å²) >= 11 is 1.85. The second-order valence-corrected chi connectivity index (χ2v) is 5.60. The van der Waals surface area contributed by atoms with Crippen LogP contribution in [0.15, 0.2) is 12.3 Å². The van der Waals surface area contributed by atoms with Gasteiger partial charge in [0, 0.05) is 42.8 Å². The van der Waals surface area contributed by atoms with Crippen molar-refractivity contribution in [2.75, 3.05) is 30.5 Å². The molecular weight excluding hydrogens is 316 g/mol. The SMILES string of the molecule is COC(=O)Cn1ccc(NC(=O)CC2CSCCN2)n1.Cl. The zero-order valence-electron chi connectivity index (χ0n) is 11.7. The van der Waals surface area contributed by atoms with E-state index in [0.29, 0.717) is 12.2 Å². The summed E-state index contributed by atoms with van der Waals surface area (Å²) < 4.78 is 5.97. The van der Waals surface area contributed by atoms with Gasteiger partial charge in [-0.2, -0.15) is 16.9 Å². The quantitative estimate of drug-likeness (QED) is 0.763. The minimum Gasteiger partial charge on any atom is -0.468 e. The Hall–Kier alpha value is -1.25. The molecule has 1 atom stereocenters. The van der Waals surface area contributed by atoms with Crippen LogP contribution in [0.25, 0.3) is 0 Å². The molecule has 21 heavy (non-hydrogen) atoms. The van der Waals surface area contributed by atoms with E-state index in [2.05, 4.69) is 20.5 Å². The van der Waals surface area contributed by atoms with Crippen molar-refractivity contribution in [2.24, 2.45) is 0 Å². The summed E-state index contributed by atoms with van der Waals surface area (Å²) in [6.45, 7) is 0.976. The number of hydrogen-bond donors (Lipinski definition) is 2. The molecule has 2 heterocycles. The monoisotopic (exact) mass is 334 g/mol. The van der Waals surface area contributed by atoms with Gasteiger partial charge in [0.25, 0.3) is 0 Å². The standard InChI is InChI=1S/C12H18N4O3S.ClH/c1-19-12(18)7-16-4-2-10(15-16)14-11(17)6-9-8-20-5-3-13-9;/h2,4,9,13H,3,5-8H2,1H3,(H,14,15,17);1H. The topological polar surface area (TPSA) is 85.2 Å². The fourth-order valence-corrected chi connectivity index (χ4v) is 2.83. The van der Waals surface area contributed by atoms with E-state index in [4.69, 9.17) is 0 Å². The highest BCUT2D eigenvalue weighted by Gasteiger charge is 2.17. The number of anilines is 1. The molecule has 118 valence electrons. The molecule has 0 aliphatic carbocycles. The molecule has 7 nitrogen and oxygen atoms in total.